The molecular formula is C11H10N4OS. The molecule has 0 atom stereocenters. The van der Waals surface area contributed by atoms with Crippen molar-refractivity contribution in [2.75, 3.05) is 11.2 Å². The Morgan fingerprint density at radius 1 is 1.29 bits per heavy atom. The lowest BCUT2D eigenvalue weighted by atomic mass is 10.1. The lowest BCUT2D eigenvalue weighted by molar-refractivity contribution is -0.114. The Morgan fingerprint density at radius 3 is 2.82 bits per heavy atom. The summed E-state index contributed by atoms with van der Waals surface area (Å²) < 4.78 is 1.64. The van der Waals surface area contributed by atoms with E-state index in [1.807, 2.05) is 31.2 Å². The van der Waals surface area contributed by atoms with Crippen LogP contribution in [0.2, 0.25) is 0 Å². The number of aryl methyl sites for hydroxylation is 1. The summed E-state index contributed by atoms with van der Waals surface area (Å²) in [6, 6.07) is 7.96. The number of hydrogen-bond acceptors (Lipinski definition) is 4. The molecule has 5 nitrogen and oxygen atoms in total. The van der Waals surface area contributed by atoms with Gasteiger partial charge in [-0.05, 0) is 6.92 Å². The number of benzene rings is 1. The fraction of sp³-hybridized carbons (Fsp3) is 0.182. The lowest BCUT2D eigenvalue weighted by Crippen LogP contribution is -2.29. The van der Waals surface area contributed by atoms with E-state index < -0.39 is 0 Å². The Hall–Kier alpha value is -1.82. The quantitative estimate of drug-likeness (QED) is 0.827. The summed E-state index contributed by atoms with van der Waals surface area (Å²) in [6.07, 6.45) is 0. The highest BCUT2D eigenvalue weighted by molar-refractivity contribution is 7.99. The molecule has 1 amide bonds. The Kier molecular flexibility index (Phi) is 2.36. The third-order valence-electron chi connectivity index (χ3n) is 2.51. The molecule has 1 N–H and O–H groups in total. The predicted molar refractivity (Wildman–Crippen MR) is 65.3 cm³/mol. The number of fused-ring (bicyclic) bond motifs is 1. The molecule has 0 bridgehead atoms. The van der Waals surface area contributed by atoms with Crippen LogP contribution in [0.3, 0.4) is 0 Å². The van der Waals surface area contributed by atoms with Gasteiger partial charge in [0.25, 0.3) is 0 Å². The van der Waals surface area contributed by atoms with Crippen molar-refractivity contribution in [3.8, 4) is 11.4 Å². The van der Waals surface area contributed by atoms with Crippen molar-refractivity contribution in [2.45, 2.75) is 12.1 Å². The van der Waals surface area contributed by atoms with Crippen LogP contribution in [0.4, 0.5) is 0 Å². The average molecular weight is 246 g/mol. The van der Waals surface area contributed by atoms with Gasteiger partial charge in [0, 0.05) is 5.56 Å². The molecule has 1 aromatic heterocycles. The van der Waals surface area contributed by atoms with E-state index in [2.05, 4.69) is 15.6 Å². The molecule has 0 fully saturated rings. The number of thioether (sulfide) groups is 1. The van der Waals surface area contributed by atoms with Gasteiger partial charge in [0.1, 0.15) is 0 Å². The number of rotatable bonds is 1. The minimum Gasteiger partial charge on any atom is -0.272 e. The van der Waals surface area contributed by atoms with Gasteiger partial charge >= 0.3 is 0 Å². The molecule has 1 aromatic carbocycles. The molecule has 86 valence electrons. The number of aromatic nitrogens is 3. The number of amides is 1. The summed E-state index contributed by atoms with van der Waals surface area (Å²) in [5, 5.41) is 8.88. The highest BCUT2D eigenvalue weighted by Gasteiger charge is 2.21. The van der Waals surface area contributed by atoms with Gasteiger partial charge in [-0.1, -0.05) is 41.6 Å². The van der Waals surface area contributed by atoms with Gasteiger partial charge in [0.2, 0.25) is 11.1 Å². The zero-order chi connectivity index (χ0) is 11.8. The highest BCUT2D eigenvalue weighted by Crippen LogP contribution is 2.25. The summed E-state index contributed by atoms with van der Waals surface area (Å²) >= 11 is 1.39. The van der Waals surface area contributed by atoms with Crippen molar-refractivity contribution < 1.29 is 4.79 Å². The summed E-state index contributed by atoms with van der Waals surface area (Å²) in [7, 11) is 0. The normalized spacial score (nSPS) is 14.3. The van der Waals surface area contributed by atoms with Crippen molar-refractivity contribution in [3.05, 3.63) is 29.8 Å². The second kappa shape index (κ2) is 3.89. The van der Waals surface area contributed by atoms with E-state index >= 15 is 0 Å². The van der Waals surface area contributed by atoms with Gasteiger partial charge in [0.05, 0.1) is 5.75 Å². The molecular weight excluding hydrogens is 236 g/mol. The first-order valence-electron chi connectivity index (χ1n) is 5.19. The summed E-state index contributed by atoms with van der Waals surface area (Å²) in [6.45, 7) is 2.03. The Bertz CT molecular complexity index is 576. The molecule has 0 aliphatic carbocycles. The number of nitrogens with zero attached hydrogens (tertiary/aromatic N) is 3. The van der Waals surface area contributed by atoms with Gasteiger partial charge in [-0.2, -0.15) is 0 Å². The Labute approximate surface area is 102 Å². The number of carbonyl (C=O) groups excluding carboxylic acids is 1. The topological polar surface area (TPSA) is 59.8 Å². The third-order valence-corrected chi connectivity index (χ3v) is 3.44. The maximum absolute atomic E-state index is 11.4. The molecule has 1 aliphatic rings. The zero-order valence-corrected chi connectivity index (χ0v) is 9.99. The molecule has 0 saturated carbocycles. The van der Waals surface area contributed by atoms with Crippen LogP contribution in [0, 0.1) is 6.92 Å². The standard InChI is InChI=1S/C11H10N4OS/c1-7-2-4-8(5-3-7)10-12-13-11-15(10)14-9(16)6-17-11/h2-5H,6H2,1H3,(H,14,16). The van der Waals surface area contributed by atoms with E-state index in [1.54, 1.807) is 4.68 Å². The van der Waals surface area contributed by atoms with Crippen LogP contribution < -0.4 is 5.43 Å². The van der Waals surface area contributed by atoms with E-state index in [-0.39, 0.29) is 5.91 Å². The fourth-order valence-electron chi connectivity index (χ4n) is 1.64. The summed E-state index contributed by atoms with van der Waals surface area (Å²) in [4.78, 5) is 11.4. The zero-order valence-electron chi connectivity index (χ0n) is 9.17. The molecule has 6 heteroatoms. The van der Waals surface area contributed by atoms with Crippen LogP contribution in [0.15, 0.2) is 29.4 Å². The molecule has 2 heterocycles. The molecule has 0 spiro atoms. The van der Waals surface area contributed by atoms with E-state index in [0.29, 0.717) is 11.6 Å². The summed E-state index contributed by atoms with van der Waals surface area (Å²) in [5.41, 5.74) is 4.88. The average Bonchev–Trinajstić information content (AvgIpc) is 2.73. The summed E-state index contributed by atoms with van der Waals surface area (Å²) in [5.74, 6) is 1.03. The first kappa shape index (κ1) is 10.3. The highest BCUT2D eigenvalue weighted by atomic mass is 32.2. The van der Waals surface area contributed by atoms with Crippen molar-refractivity contribution in [1.82, 2.24) is 14.9 Å². The van der Waals surface area contributed by atoms with Gasteiger partial charge < -0.3 is 0 Å². The second-order valence-corrected chi connectivity index (χ2v) is 4.77. The van der Waals surface area contributed by atoms with E-state index in [1.165, 1.54) is 17.3 Å². The minimum atomic E-state index is -0.0318. The van der Waals surface area contributed by atoms with Gasteiger partial charge in [0.15, 0.2) is 5.82 Å². The Morgan fingerprint density at radius 2 is 2.06 bits per heavy atom. The first-order chi connectivity index (χ1) is 8.24. The molecule has 3 rings (SSSR count). The van der Waals surface area contributed by atoms with Gasteiger partial charge in [-0.25, -0.2) is 4.68 Å². The fourth-order valence-corrected chi connectivity index (χ4v) is 2.33. The molecule has 0 saturated heterocycles. The van der Waals surface area contributed by atoms with Gasteiger partial charge in [-0.3, -0.25) is 10.2 Å². The van der Waals surface area contributed by atoms with Crippen LogP contribution in [-0.2, 0) is 4.79 Å². The maximum Gasteiger partial charge on any atom is 0.249 e. The number of hydrogen-bond donors (Lipinski definition) is 1. The largest absolute Gasteiger partial charge is 0.272 e. The SMILES string of the molecule is Cc1ccc(-c2nnc3n2NC(=O)CS3)cc1. The van der Waals surface area contributed by atoms with Crippen molar-refractivity contribution in [1.29, 1.82) is 0 Å². The van der Waals surface area contributed by atoms with Crippen molar-refractivity contribution in [3.63, 3.8) is 0 Å². The smallest absolute Gasteiger partial charge is 0.249 e. The first-order valence-corrected chi connectivity index (χ1v) is 6.18. The molecule has 17 heavy (non-hydrogen) atoms. The maximum atomic E-state index is 11.4. The van der Waals surface area contributed by atoms with Gasteiger partial charge in [-0.15, -0.1) is 10.2 Å². The van der Waals surface area contributed by atoms with E-state index in [9.17, 15) is 4.79 Å². The monoisotopic (exact) mass is 246 g/mol. The predicted octanol–water partition coefficient (Wildman–Crippen LogP) is 1.43. The van der Waals surface area contributed by atoms with Crippen molar-refractivity contribution >= 4 is 17.7 Å². The lowest BCUT2D eigenvalue weighted by Gasteiger charge is -2.15. The number of carbonyl (C=O) groups is 1. The van der Waals surface area contributed by atoms with Crippen LogP contribution in [-0.4, -0.2) is 26.5 Å². The molecule has 1 aliphatic heterocycles. The molecule has 2 aromatic rings. The number of nitrogens with one attached hydrogen (secondary N) is 1. The van der Waals surface area contributed by atoms with Crippen LogP contribution in [0.1, 0.15) is 5.56 Å². The van der Waals surface area contributed by atoms with Crippen LogP contribution in [0.5, 0.6) is 0 Å². The molecule has 0 unspecified atom stereocenters. The van der Waals surface area contributed by atoms with Crippen molar-refractivity contribution in [2.24, 2.45) is 0 Å². The van der Waals surface area contributed by atoms with Crippen LogP contribution >= 0.6 is 11.8 Å². The van der Waals surface area contributed by atoms with E-state index in [0.717, 1.165) is 10.7 Å². The molecule has 0 radical (unpaired) electrons. The van der Waals surface area contributed by atoms with E-state index in [4.69, 9.17) is 0 Å². The van der Waals surface area contributed by atoms with Crippen LogP contribution in [0.25, 0.3) is 11.4 Å². The second-order valence-electron chi connectivity index (χ2n) is 3.83. The third kappa shape index (κ3) is 1.80. The Balaban J connectivity index is 2.07. The minimum absolute atomic E-state index is 0.0318.